The summed E-state index contributed by atoms with van der Waals surface area (Å²) >= 11 is 0. The average molecular weight is 306 g/mol. The van der Waals surface area contributed by atoms with Crippen LogP contribution in [0.2, 0.25) is 0 Å². The van der Waals surface area contributed by atoms with E-state index in [1.165, 1.54) is 11.6 Å². The molecule has 0 radical (unpaired) electrons. The molecule has 0 aliphatic rings. The van der Waals surface area contributed by atoms with Crippen LogP contribution in [0.5, 0.6) is 5.75 Å². The van der Waals surface area contributed by atoms with Crippen molar-refractivity contribution in [1.82, 2.24) is 9.47 Å². The van der Waals surface area contributed by atoms with Gasteiger partial charge in [-0.05, 0) is 45.0 Å². The average Bonchev–Trinajstić information content (AvgIpc) is 2.81. The molecule has 122 valence electrons. The second kappa shape index (κ2) is 7.63. The van der Waals surface area contributed by atoms with Crippen LogP contribution in [-0.4, -0.2) is 36.7 Å². The monoisotopic (exact) mass is 306 g/mol. The van der Waals surface area contributed by atoms with E-state index in [-0.39, 0.29) is 5.82 Å². The molecule has 1 aromatic carbocycles. The molecular weight excluding hydrogens is 279 g/mol. The minimum atomic E-state index is -0.229. The minimum absolute atomic E-state index is 0.229. The zero-order chi connectivity index (χ0) is 16.1. The number of aryl methyl sites for hydroxylation is 1. The number of nitrogens with zero attached hydrogens (tertiary/aromatic N) is 2. The number of likely N-dealkylation sites (N-methyl/N-ethyl adjacent to an activating group) is 1. The van der Waals surface area contributed by atoms with Gasteiger partial charge in [0.15, 0.2) is 0 Å². The molecule has 0 amide bonds. The number of hydrogen-bond donors (Lipinski definition) is 0. The van der Waals surface area contributed by atoms with E-state index in [4.69, 9.17) is 4.74 Å². The first-order valence-corrected chi connectivity index (χ1v) is 8.15. The Kier molecular flexibility index (Phi) is 5.83. The maximum atomic E-state index is 14.0. The second-order valence-electron chi connectivity index (χ2n) is 6.05. The van der Waals surface area contributed by atoms with Crippen molar-refractivity contribution in [1.29, 1.82) is 0 Å². The van der Waals surface area contributed by atoms with Crippen LogP contribution in [0.1, 0.15) is 32.3 Å². The number of fused-ring (bicyclic) bond motifs is 1. The topological polar surface area (TPSA) is 17.4 Å². The molecule has 0 saturated carbocycles. The third kappa shape index (κ3) is 3.80. The Labute approximate surface area is 132 Å². The summed E-state index contributed by atoms with van der Waals surface area (Å²) in [6, 6.07) is 3.15. The summed E-state index contributed by atoms with van der Waals surface area (Å²) in [6.45, 7) is 6.68. The summed E-state index contributed by atoms with van der Waals surface area (Å²) in [5.74, 6) is 0.452. The summed E-state index contributed by atoms with van der Waals surface area (Å²) in [5.41, 5.74) is 2.19. The lowest BCUT2D eigenvalue weighted by Crippen LogP contribution is -2.15. The van der Waals surface area contributed by atoms with Crippen LogP contribution in [-0.2, 0) is 13.0 Å². The fraction of sp³-hybridized carbons (Fsp3) is 0.556. The summed E-state index contributed by atoms with van der Waals surface area (Å²) in [4.78, 5) is 2.17. The highest BCUT2D eigenvalue weighted by molar-refractivity contribution is 5.90. The second-order valence-corrected chi connectivity index (χ2v) is 6.05. The number of benzene rings is 1. The molecule has 4 heteroatoms. The molecule has 3 nitrogen and oxygen atoms in total. The Morgan fingerprint density at radius 1 is 1.18 bits per heavy atom. The molecule has 0 fully saturated rings. The fourth-order valence-electron chi connectivity index (χ4n) is 2.72. The normalized spacial score (nSPS) is 11.5. The molecule has 0 spiro atoms. The molecule has 0 aliphatic heterocycles. The van der Waals surface area contributed by atoms with E-state index in [1.54, 1.807) is 6.07 Å². The molecule has 0 N–H and O–H groups in total. The van der Waals surface area contributed by atoms with Crippen LogP contribution in [0.4, 0.5) is 4.39 Å². The highest BCUT2D eigenvalue weighted by Crippen LogP contribution is 2.33. The molecule has 2 aromatic rings. The van der Waals surface area contributed by atoms with Gasteiger partial charge in [-0.3, -0.25) is 0 Å². The van der Waals surface area contributed by atoms with E-state index in [0.717, 1.165) is 43.3 Å². The van der Waals surface area contributed by atoms with Gasteiger partial charge in [-0.1, -0.05) is 13.8 Å². The highest BCUT2D eigenvalue weighted by atomic mass is 19.1. The van der Waals surface area contributed by atoms with Crippen LogP contribution < -0.4 is 4.74 Å². The third-order valence-corrected chi connectivity index (χ3v) is 3.74. The molecule has 1 aromatic heterocycles. The number of rotatable bonds is 8. The smallest absolute Gasteiger partial charge is 0.131 e. The Morgan fingerprint density at radius 3 is 2.59 bits per heavy atom. The van der Waals surface area contributed by atoms with Gasteiger partial charge in [0.05, 0.1) is 12.1 Å². The van der Waals surface area contributed by atoms with Crippen molar-refractivity contribution in [3.63, 3.8) is 0 Å². The molecular formula is C18H27FN2O. The van der Waals surface area contributed by atoms with Crippen LogP contribution in [0.3, 0.4) is 0 Å². The van der Waals surface area contributed by atoms with Crippen molar-refractivity contribution in [2.45, 2.75) is 39.7 Å². The van der Waals surface area contributed by atoms with Gasteiger partial charge in [0.25, 0.3) is 0 Å². The first-order chi connectivity index (χ1) is 10.6. The minimum Gasteiger partial charge on any atom is -0.493 e. The summed E-state index contributed by atoms with van der Waals surface area (Å²) < 4.78 is 21.9. The zero-order valence-electron chi connectivity index (χ0n) is 14.2. The first-order valence-electron chi connectivity index (χ1n) is 8.15. The van der Waals surface area contributed by atoms with Crippen LogP contribution in [0, 0.1) is 5.82 Å². The van der Waals surface area contributed by atoms with Gasteiger partial charge in [0, 0.05) is 30.7 Å². The number of aromatic nitrogens is 1. The van der Waals surface area contributed by atoms with Crippen LogP contribution in [0.15, 0.2) is 18.3 Å². The van der Waals surface area contributed by atoms with Crippen molar-refractivity contribution in [2.24, 2.45) is 0 Å². The number of halogens is 1. The van der Waals surface area contributed by atoms with Gasteiger partial charge in [-0.25, -0.2) is 4.39 Å². The Hall–Kier alpha value is -1.55. The van der Waals surface area contributed by atoms with Gasteiger partial charge >= 0.3 is 0 Å². The van der Waals surface area contributed by atoms with E-state index in [9.17, 15) is 4.39 Å². The predicted molar refractivity (Wildman–Crippen MR) is 90.2 cm³/mol. The molecule has 0 aliphatic carbocycles. The van der Waals surface area contributed by atoms with E-state index in [0.29, 0.717) is 12.4 Å². The summed E-state index contributed by atoms with van der Waals surface area (Å²) in [7, 11) is 4.14. The van der Waals surface area contributed by atoms with Crippen molar-refractivity contribution in [3.8, 4) is 5.75 Å². The zero-order valence-corrected chi connectivity index (χ0v) is 14.2. The fourth-order valence-corrected chi connectivity index (χ4v) is 2.72. The standard InChI is InChI=1S/C18H27FN2O/c1-5-8-21-13-14(7-9-20(3)4)18-16(21)11-15(19)12-17(18)22-10-6-2/h11-13H,5-10H2,1-4H3. The first kappa shape index (κ1) is 16.8. The van der Waals surface area contributed by atoms with Gasteiger partial charge in [0.1, 0.15) is 11.6 Å². The maximum absolute atomic E-state index is 14.0. The number of hydrogen-bond acceptors (Lipinski definition) is 2. The SMILES string of the molecule is CCCOc1cc(F)cc2c1c(CCN(C)C)cn2CCC. The quantitative estimate of drug-likeness (QED) is 0.731. The maximum Gasteiger partial charge on any atom is 0.131 e. The summed E-state index contributed by atoms with van der Waals surface area (Å²) in [5, 5.41) is 1.07. The Balaban J connectivity index is 2.51. The molecule has 22 heavy (non-hydrogen) atoms. The lowest BCUT2D eigenvalue weighted by molar-refractivity contribution is 0.319. The van der Waals surface area contributed by atoms with Crippen molar-refractivity contribution in [3.05, 3.63) is 29.7 Å². The van der Waals surface area contributed by atoms with E-state index in [1.807, 2.05) is 0 Å². The Bertz CT molecular complexity index is 619. The van der Waals surface area contributed by atoms with Gasteiger partial charge in [-0.15, -0.1) is 0 Å². The molecule has 2 rings (SSSR count). The van der Waals surface area contributed by atoms with E-state index >= 15 is 0 Å². The van der Waals surface area contributed by atoms with Crippen LogP contribution >= 0.6 is 0 Å². The van der Waals surface area contributed by atoms with E-state index in [2.05, 4.69) is 43.6 Å². The van der Waals surface area contributed by atoms with Crippen molar-refractivity contribution < 1.29 is 9.13 Å². The molecule has 0 unspecified atom stereocenters. The number of ether oxygens (including phenoxy) is 1. The van der Waals surface area contributed by atoms with Crippen LogP contribution in [0.25, 0.3) is 10.9 Å². The molecule has 1 heterocycles. The largest absolute Gasteiger partial charge is 0.493 e. The van der Waals surface area contributed by atoms with Gasteiger partial charge in [-0.2, -0.15) is 0 Å². The van der Waals surface area contributed by atoms with E-state index < -0.39 is 0 Å². The molecule has 0 saturated heterocycles. The van der Waals surface area contributed by atoms with Crippen molar-refractivity contribution in [2.75, 3.05) is 27.2 Å². The summed E-state index contributed by atoms with van der Waals surface area (Å²) in [6.07, 6.45) is 5.05. The van der Waals surface area contributed by atoms with Gasteiger partial charge in [0.2, 0.25) is 0 Å². The lowest BCUT2D eigenvalue weighted by atomic mass is 10.1. The molecule has 0 bridgehead atoms. The van der Waals surface area contributed by atoms with Gasteiger partial charge < -0.3 is 14.2 Å². The molecule has 0 atom stereocenters. The predicted octanol–water partition coefficient (Wildman–Crippen LogP) is 4.08. The lowest BCUT2D eigenvalue weighted by Gasteiger charge is -2.11. The Morgan fingerprint density at radius 2 is 1.95 bits per heavy atom. The third-order valence-electron chi connectivity index (χ3n) is 3.74. The van der Waals surface area contributed by atoms with Crippen molar-refractivity contribution >= 4 is 10.9 Å². The highest BCUT2D eigenvalue weighted by Gasteiger charge is 2.15.